The lowest BCUT2D eigenvalue weighted by molar-refractivity contribution is 0.163. The molecule has 3 heteroatoms. The number of urea groups is 1. The van der Waals surface area contributed by atoms with Gasteiger partial charge in [0.05, 0.1) is 0 Å². The molecule has 2 unspecified atom stereocenters. The monoisotopic (exact) mass is 290 g/mol. The van der Waals surface area contributed by atoms with Gasteiger partial charge < -0.3 is 10.2 Å². The van der Waals surface area contributed by atoms with Crippen LogP contribution in [-0.2, 0) is 0 Å². The fourth-order valence-corrected chi connectivity index (χ4v) is 5.65. The highest BCUT2D eigenvalue weighted by Crippen LogP contribution is 2.39. The Kier molecular flexibility index (Phi) is 3.85. The summed E-state index contributed by atoms with van der Waals surface area (Å²) in [5, 5.41) is 3.51. The Morgan fingerprint density at radius 2 is 1.52 bits per heavy atom. The molecule has 1 N–H and O–H groups in total. The van der Waals surface area contributed by atoms with E-state index in [0.717, 1.165) is 24.3 Å². The van der Waals surface area contributed by atoms with Gasteiger partial charge in [-0.2, -0.15) is 0 Å². The zero-order valence-corrected chi connectivity index (χ0v) is 13.2. The second-order valence-corrected chi connectivity index (χ2v) is 8.05. The van der Waals surface area contributed by atoms with E-state index >= 15 is 0 Å². The highest BCUT2D eigenvalue weighted by Gasteiger charge is 2.42. The molecule has 3 nitrogen and oxygen atoms in total. The highest BCUT2D eigenvalue weighted by atomic mass is 16.2. The predicted octanol–water partition coefficient (Wildman–Crippen LogP) is 3.93. The normalized spacial score (nSPS) is 33.5. The molecule has 0 aromatic heterocycles. The van der Waals surface area contributed by atoms with Crippen molar-refractivity contribution >= 4 is 6.03 Å². The molecule has 0 aromatic carbocycles. The molecule has 0 spiro atoms. The van der Waals surface area contributed by atoms with Gasteiger partial charge in [0.25, 0.3) is 0 Å². The third-order valence-electron chi connectivity index (χ3n) is 6.78. The maximum Gasteiger partial charge on any atom is 0.317 e. The molecule has 3 saturated carbocycles. The summed E-state index contributed by atoms with van der Waals surface area (Å²) in [7, 11) is 0. The van der Waals surface area contributed by atoms with E-state index in [1.165, 1.54) is 70.6 Å². The first-order chi connectivity index (χ1) is 10.3. The minimum Gasteiger partial charge on any atom is -0.335 e. The number of hydrogen-bond acceptors (Lipinski definition) is 1. The van der Waals surface area contributed by atoms with Crippen LogP contribution in [0.3, 0.4) is 0 Å². The van der Waals surface area contributed by atoms with Crippen LogP contribution in [-0.4, -0.2) is 29.6 Å². The van der Waals surface area contributed by atoms with E-state index in [1.54, 1.807) is 0 Å². The van der Waals surface area contributed by atoms with E-state index in [0.29, 0.717) is 12.1 Å². The fourth-order valence-electron chi connectivity index (χ4n) is 5.65. The lowest BCUT2D eigenvalue weighted by Crippen LogP contribution is -2.51. The number of carbonyl (C=O) groups is 1. The summed E-state index contributed by atoms with van der Waals surface area (Å²) in [4.78, 5) is 14.9. The average Bonchev–Trinajstić information content (AvgIpc) is 3.30. The molecule has 4 aliphatic rings. The Balaban J connectivity index is 1.42. The van der Waals surface area contributed by atoms with Gasteiger partial charge in [-0.1, -0.05) is 25.7 Å². The van der Waals surface area contributed by atoms with Crippen molar-refractivity contribution in [2.45, 2.75) is 82.7 Å². The number of amides is 2. The van der Waals surface area contributed by atoms with Crippen LogP contribution in [0.25, 0.3) is 0 Å². The first-order valence-electron chi connectivity index (χ1n) is 9.38. The number of carbonyl (C=O) groups excluding carboxylic acids is 1. The second kappa shape index (κ2) is 5.81. The zero-order valence-electron chi connectivity index (χ0n) is 13.2. The largest absolute Gasteiger partial charge is 0.335 e. The van der Waals surface area contributed by atoms with E-state index in [9.17, 15) is 4.79 Å². The maximum absolute atomic E-state index is 12.8. The molecule has 0 aromatic rings. The number of piperidine rings is 1. The molecule has 118 valence electrons. The Hall–Kier alpha value is -0.730. The number of rotatable bonds is 3. The van der Waals surface area contributed by atoms with Gasteiger partial charge in [-0.25, -0.2) is 4.79 Å². The topological polar surface area (TPSA) is 32.3 Å². The number of likely N-dealkylation sites (tertiary alicyclic amines) is 1. The van der Waals surface area contributed by atoms with Crippen molar-refractivity contribution in [2.75, 3.05) is 6.54 Å². The highest BCUT2D eigenvalue weighted by molar-refractivity contribution is 5.75. The average molecular weight is 290 g/mol. The van der Waals surface area contributed by atoms with Crippen LogP contribution in [0.15, 0.2) is 0 Å². The van der Waals surface area contributed by atoms with Crippen LogP contribution in [0.2, 0.25) is 0 Å². The molecular weight excluding hydrogens is 260 g/mol. The molecule has 0 radical (unpaired) electrons. The minimum absolute atomic E-state index is 0.269. The molecule has 3 aliphatic carbocycles. The van der Waals surface area contributed by atoms with Gasteiger partial charge in [0.15, 0.2) is 0 Å². The number of nitrogens with one attached hydrogen (secondary N) is 1. The van der Waals surface area contributed by atoms with Crippen molar-refractivity contribution < 1.29 is 4.79 Å². The Labute approximate surface area is 128 Å². The SMILES string of the molecule is O=C(NC(C1CCCC1)C1CCCC1)N1CC2CCC1C2. The van der Waals surface area contributed by atoms with Gasteiger partial charge in [-0.15, -0.1) is 0 Å². The van der Waals surface area contributed by atoms with Crippen molar-refractivity contribution in [3.63, 3.8) is 0 Å². The molecule has 2 bridgehead atoms. The maximum atomic E-state index is 12.8. The third kappa shape index (κ3) is 2.68. The minimum atomic E-state index is 0.269. The van der Waals surface area contributed by atoms with E-state index in [1.807, 2.05) is 0 Å². The van der Waals surface area contributed by atoms with Crippen molar-refractivity contribution in [2.24, 2.45) is 17.8 Å². The smallest absolute Gasteiger partial charge is 0.317 e. The second-order valence-electron chi connectivity index (χ2n) is 8.05. The van der Waals surface area contributed by atoms with Crippen LogP contribution in [0.4, 0.5) is 4.79 Å². The summed E-state index contributed by atoms with van der Waals surface area (Å²) in [6.07, 6.45) is 14.7. The van der Waals surface area contributed by atoms with Crippen LogP contribution >= 0.6 is 0 Å². The Morgan fingerprint density at radius 3 is 2.00 bits per heavy atom. The summed E-state index contributed by atoms with van der Waals surface area (Å²) in [6.45, 7) is 1.03. The van der Waals surface area contributed by atoms with E-state index < -0.39 is 0 Å². The predicted molar refractivity (Wildman–Crippen MR) is 84.1 cm³/mol. The Morgan fingerprint density at radius 1 is 0.905 bits per heavy atom. The summed E-state index contributed by atoms with van der Waals surface area (Å²) in [6, 6.07) is 1.30. The number of fused-ring (bicyclic) bond motifs is 2. The first kappa shape index (κ1) is 13.9. The summed E-state index contributed by atoms with van der Waals surface area (Å²) in [5.74, 6) is 2.32. The van der Waals surface area contributed by atoms with E-state index in [4.69, 9.17) is 0 Å². The molecular formula is C18H30N2O. The molecule has 1 aliphatic heterocycles. The standard InChI is InChI=1S/C18H30N2O/c21-18(20-12-13-9-10-16(20)11-13)19-17(14-5-1-2-6-14)15-7-3-4-8-15/h13-17H,1-12H2,(H,19,21). The van der Waals surface area contributed by atoms with Crippen LogP contribution in [0, 0.1) is 17.8 Å². The molecule has 4 fully saturated rings. The molecule has 2 amide bonds. The van der Waals surface area contributed by atoms with E-state index in [2.05, 4.69) is 10.2 Å². The van der Waals surface area contributed by atoms with Gasteiger partial charge in [0, 0.05) is 18.6 Å². The first-order valence-corrected chi connectivity index (χ1v) is 9.38. The third-order valence-corrected chi connectivity index (χ3v) is 6.78. The van der Waals surface area contributed by atoms with Crippen LogP contribution < -0.4 is 5.32 Å². The van der Waals surface area contributed by atoms with Gasteiger partial charge in [-0.3, -0.25) is 0 Å². The lowest BCUT2D eigenvalue weighted by Gasteiger charge is -2.34. The quantitative estimate of drug-likeness (QED) is 0.839. The van der Waals surface area contributed by atoms with Crippen molar-refractivity contribution in [3.05, 3.63) is 0 Å². The van der Waals surface area contributed by atoms with Crippen molar-refractivity contribution in [1.29, 1.82) is 0 Å². The fraction of sp³-hybridized carbons (Fsp3) is 0.944. The van der Waals surface area contributed by atoms with Gasteiger partial charge in [0.1, 0.15) is 0 Å². The molecule has 21 heavy (non-hydrogen) atoms. The van der Waals surface area contributed by atoms with Crippen LogP contribution in [0.1, 0.15) is 70.6 Å². The van der Waals surface area contributed by atoms with E-state index in [-0.39, 0.29) is 6.03 Å². The van der Waals surface area contributed by atoms with Crippen LogP contribution in [0.5, 0.6) is 0 Å². The molecule has 2 atom stereocenters. The van der Waals surface area contributed by atoms with Crippen molar-refractivity contribution in [3.8, 4) is 0 Å². The number of hydrogen-bond donors (Lipinski definition) is 1. The molecule has 4 rings (SSSR count). The van der Waals surface area contributed by atoms with Gasteiger partial charge >= 0.3 is 6.03 Å². The molecule has 1 saturated heterocycles. The lowest BCUT2D eigenvalue weighted by atomic mass is 9.86. The van der Waals surface area contributed by atoms with Gasteiger partial charge in [0.2, 0.25) is 0 Å². The Bertz CT molecular complexity index is 369. The van der Waals surface area contributed by atoms with Crippen molar-refractivity contribution in [1.82, 2.24) is 10.2 Å². The summed E-state index contributed by atoms with van der Waals surface area (Å²) < 4.78 is 0. The zero-order chi connectivity index (χ0) is 14.2. The summed E-state index contributed by atoms with van der Waals surface area (Å²) in [5.41, 5.74) is 0. The molecule has 1 heterocycles. The number of nitrogens with zero attached hydrogens (tertiary/aromatic N) is 1. The summed E-state index contributed by atoms with van der Waals surface area (Å²) >= 11 is 0. The van der Waals surface area contributed by atoms with Gasteiger partial charge in [-0.05, 0) is 62.7 Å².